The summed E-state index contributed by atoms with van der Waals surface area (Å²) in [6.07, 6.45) is 2.10. The van der Waals surface area contributed by atoms with Gasteiger partial charge in [-0.1, -0.05) is 41.2 Å². The molecule has 0 aliphatic heterocycles. The van der Waals surface area contributed by atoms with Crippen molar-refractivity contribution in [1.82, 2.24) is 9.38 Å². The van der Waals surface area contributed by atoms with Crippen LogP contribution >= 0.6 is 11.3 Å². The van der Waals surface area contributed by atoms with Crippen LogP contribution in [0.3, 0.4) is 0 Å². The molecule has 0 N–H and O–H groups in total. The number of ether oxygens (including phenoxy) is 1. The van der Waals surface area contributed by atoms with Crippen LogP contribution in [0.4, 0.5) is 0 Å². The third-order valence-corrected chi connectivity index (χ3v) is 4.68. The second-order valence-corrected chi connectivity index (χ2v) is 6.09. The maximum atomic E-state index is 5.32. The van der Waals surface area contributed by atoms with Gasteiger partial charge in [-0.2, -0.15) is 0 Å². The zero-order valence-electron chi connectivity index (χ0n) is 11.8. The Bertz CT molecular complexity index is 935. The third-order valence-electron chi connectivity index (χ3n) is 3.65. The van der Waals surface area contributed by atoms with Crippen molar-refractivity contribution < 1.29 is 4.74 Å². The lowest BCUT2D eigenvalue weighted by molar-refractivity contribution is 0.415. The smallest absolute Gasteiger partial charge is 0.195 e. The molecule has 0 fully saturated rings. The number of imidazole rings is 1. The molecule has 3 nitrogen and oxygen atoms in total. The van der Waals surface area contributed by atoms with Crippen molar-refractivity contribution in [2.24, 2.45) is 0 Å². The van der Waals surface area contributed by atoms with Crippen molar-refractivity contribution in [1.29, 1.82) is 0 Å². The number of fused-ring (bicyclic) bond motifs is 3. The molecule has 0 atom stereocenters. The van der Waals surface area contributed by atoms with Crippen LogP contribution in [0.1, 0.15) is 5.56 Å². The van der Waals surface area contributed by atoms with Gasteiger partial charge in [0.2, 0.25) is 0 Å². The highest BCUT2D eigenvalue weighted by molar-refractivity contribution is 7.23. The van der Waals surface area contributed by atoms with Crippen LogP contribution in [-0.4, -0.2) is 16.5 Å². The molecular weight excluding hydrogens is 280 g/mol. The molecule has 0 spiro atoms. The van der Waals surface area contributed by atoms with Gasteiger partial charge in [0.1, 0.15) is 5.75 Å². The highest BCUT2D eigenvalue weighted by atomic mass is 32.1. The van der Waals surface area contributed by atoms with E-state index in [0.29, 0.717) is 0 Å². The zero-order chi connectivity index (χ0) is 14.4. The van der Waals surface area contributed by atoms with Crippen molar-refractivity contribution in [2.45, 2.75) is 6.92 Å². The summed E-state index contributed by atoms with van der Waals surface area (Å²) >= 11 is 1.70. The number of hydrogen-bond donors (Lipinski definition) is 0. The summed E-state index contributed by atoms with van der Waals surface area (Å²) in [5.41, 5.74) is 4.55. The van der Waals surface area contributed by atoms with Gasteiger partial charge in [-0.05, 0) is 19.1 Å². The Morgan fingerprint density at radius 1 is 1.10 bits per heavy atom. The van der Waals surface area contributed by atoms with Crippen molar-refractivity contribution in [3.63, 3.8) is 0 Å². The van der Waals surface area contributed by atoms with Gasteiger partial charge in [0.25, 0.3) is 0 Å². The van der Waals surface area contributed by atoms with Gasteiger partial charge in [0.15, 0.2) is 4.96 Å². The van der Waals surface area contributed by atoms with E-state index in [-0.39, 0.29) is 0 Å². The zero-order valence-corrected chi connectivity index (χ0v) is 12.6. The van der Waals surface area contributed by atoms with E-state index < -0.39 is 0 Å². The lowest BCUT2D eigenvalue weighted by atomic mass is 10.1. The average Bonchev–Trinajstić information content (AvgIpc) is 3.05. The van der Waals surface area contributed by atoms with E-state index in [4.69, 9.17) is 9.72 Å². The molecule has 0 saturated carbocycles. The maximum absolute atomic E-state index is 5.32. The van der Waals surface area contributed by atoms with Crippen LogP contribution < -0.4 is 4.74 Å². The van der Waals surface area contributed by atoms with Crippen molar-refractivity contribution >= 4 is 26.5 Å². The molecule has 4 rings (SSSR count). The van der Waals surface area contributed by atoms with Gasteiger partial charge in [0, 0.05) is 17.8 Å². The second-order valence-electron chi connectivity index (χ2n) is 5.08. The van der Waals surface area contributed by atoms with Crippen LogP contribution in [-0.2, 0) is 0 Å². The topological polar surface area (TPSA) is 26.5 Å². The summed E-state index contributed by atoms with van der Waals surface area (Å²) in [4.78, 5) is 5.75. The van der Waals surface area contributed by atoms with E-state index in [1.807, 2.05) is 6.07 Å². The molecular formula is C17H14N2OS. The van der Waals surface area contributed by atoms with Crippen LogP contribution in [0.15, 0.2) is 48.7 Å². The number of aryl methyl sites for hydroxylation is 1. The van der Waals surface area contributed by atoms with Crippen LogP contribution in [0.25, 0.3) is 26.4 Å². The highest BCUT2D eigenvalue weighted by Gasteiger charge is 2.10. The molecule has 0 aliphatic carbocycles. The predicted molar refractivity (Wildman–Crippen MR) is 87.3 cm³/mol. The number of benzene rings is 2. The summed E-state index contributed by atoms with van der Waals surface area (Å²) < 4.78 is 8.67. The van der Waals surface area contributed by atoms with E-state index in [0.717, 1.165) is 27.5 Å². The number of rotatable bonds is 2. The molecule has 0 amide bonds. The molecule has 104 valence electrons. The molecule has 0 bridgehead atoms. The predicted octanol–water partition coefficient (Wildman–Crippen LogP) is 4.53. The maximum Gasteiger partial charge on any atom is 0.195 e. The lowest BCUT2D eigenvalue weighted by Gasteiger charge is -1.99. The summed E-state index contributed by atoms with van der Waals surface area (Å²) in [6.45, 7) is 2.09. The Hall–Kier alpha value is -2.33. The lowest BCUT2D eigenvalue weighted by Crippen LogP contribution is -1.83. The molecule has 0 aliphatic rings. The molecule has 0 saturated heterocycles. The molecule has 2 aromatic heterocycles. The van der Waals surface area contributed by atoms with Gasteiger partial charge in [-0.25, -0.2) is 4.98 Å². The minimum atomic E-state index is 0.868. The fourth-order valence-electron chi connectivity index (χ4n) is 2.47. The summed E-state index contributed by atoms with van der Waals surface area (Å²) in [7, 11) is 1.69. The third kappa shape index (κ3) is 1.99. The molecule has 2 aromatic carbocycles. The SMILES string of the molecule is COc1ccc2sc3nc(-c4ccc(C)cc4)cn3c2c1. The monoisotopic (exact) mass is 294 g/mol. The fraction of sp³-hybridized carbons (Fsp3) is 0.118. The first-order chi connectivity index (χ1) is 10.2. The standard InChI is InChI=1S/C17H14N2OS/c1-11-3-5-12(6-4-11)14-10-19-15-9-13(20-2)7-8-16(15)21-17(19)18-14/h3-10H,1-2H3. The van der Waals surface area contributed by atoms with E-state index >= 15 is 0 Å². The number of thiazole rings is 1. The van der Waals surface area contributed by atoms with Crippen molar-refractivity contribution in [2.75, 3.05) is 7.11 Å². The van der Waals surface area contributed by atoms with Crippen LogP contribution in [0.2, 0.25) is 0 Å². The molecule has 4 heteroatoms. The van der Waals surface area contributed by atoms with E-state index in [1.54, 1.807) is 18.4 Å². The fourth-order valence-corrected chi connectivity index (χ4v) is 3.46. The Morgan fingerprint density at radius 3 is 2.67 bits per heavy atom. The molecule has 2 heterocycles. The minimum Gasteiger partial charge on any atom is -0.497 e. The van der Waals surface area contributed by atoms with Gasteiger partial charge >= 0.3 is 0 Å². The average molecular weight is 294 g/mol. The number of nitrogens with zero attached hydrogens (tertiary/aromatic N) is 2. The molecule has 0 unspecified atom stereocenters. The van der Waals surface area contributed by atoms with E-state index in [2.05, 4.69) is 53.9 Å². The second kappa shape index (κ2) is 4.60. The van der Waals surface area contributed by atoms with Gasteiger partial charge in [-0.15, -0.1) is 0 Å². The molecule has 0 radical (unpaired) electrons. The van der Waals surface area contributed by atoms with Gasteiger partial charge in [-0.3, -0.25) is 4.40 Å². The quantitative estimate of drug-likeness (QED) is 0.543. The first-order valence-corrected chi connectivity index (χ1v) is 7.59. The normalized spacial score (nSPS) is 11.3. The van der Waals surface area contributed by atoms with Crippen LogP contribution in [0, 0.1) is 6.92 Å². The number of methoxy groups -OCH3 is 1. The minimum absolute atomic E-state index is 0.868. The van der Waals surface area contributed by atoms with Gasteiger partial charge in [0.05, 0.1) is 23.0 Å². The highest BCUT2D eigenvalue weighted by Crippen LogP contribution is 2.31. The summed E-state index contributed by atoms with van der Waals surface area (Å²) in [5, 5.41) is 0. The van der Waals surface area contributed by atoms with E-state index in [9.17, 15) is 0 Å². The van der Waals surface area contributed by atoms with Crippen molar-refractivity contribution in [3.8, 4) is 17.0 Å². The summed E-state index contributed by atoms with van der Waals surface area (Å²) in [5.74, 6) is 0.868. The Morgan fingerprint density at radius 2 is 1.90 bits per heavy atom. The first-order valence-electron chi connectivity index (χ1n) is 6.77. The van der Waals surface area contributed by atoms with Crippen molar-refractivity contribution in [3.05, 3.63) is 54.2 Å². The Labute approximate surface area is 126 Å². The van der Waals surface area contributed by atoms with Crippen LogP contribution in [0.5, 0.6) is 5.75 Å². The van der Waals surface area contributed by atoms with Gasteiger partial charge < -0.3 is 4.74 Å². The Balaban J connectivity index is 1.91. The number of hydrogen-bond acceptors (Lipinski definition) is 3. The molecule has 21 heavy (non-hydrogen) atoms. The first kappa shape index (κ1) is 12.4. The molecule has 4 aromatic rings. The number of aromatic nitrogens is 2. The largest absolute Gasteiger partial charge is 0.497 e. The Kier molecular flexibility index (Phi) is 2.72. The van der Waals surface area contributed by atoms with E-state index in [1.165, 1.54) is 10.3 Å². The summed E-state index contributed by atoms with van der Waals surface area (Å²) in [6, 6.07) is 14.6.